The van der Waals surface area contributed by atoms with Gasteiger partial charge in [0.25, 0.3) is 0 Å². The Morgan fingerprint density at radius 3 is 2.54 bits per heavy atom. The molecular formula is C17H22N4O3. The molecule has 7 heteroatoms. The van der Waals surface area contributed by atoms with Crippen molar-refractivity contribution in [1.82, 2.24) is 20.0 Å². The SMILES string of the molecule is Cc1nn(-c2ccccc2)c(C)c1CNC(=O)N(C)CCC(=O)O. The summed E-state index contributed by atoms with van der Waals surface area (Å²) in [7, 11) is 1.57. The molecule has 0 saturated carbocycles. The number of para-hydroxylation sites is 1. The Morgan fingerprint density at radius 1 is 1.25 bits per heavy atom. The zero-order valence-corrected chi connectivity index (χ0v) is 14.1. The lowest BCUT2D eigenvalue weighted by Gasteiger charge is -2.17. The lowest BCUT2D eigenvalue weighted by atomic mass is 10.2. The zero-order chi connectivity index (χ0) is 17.7. The van der Waals surface area contributed by atoms with E-state index < -0.39 is 5.97 Å². The van der Waals surface area contributed by atoms with Gasteiger partial charge in [0, 0.05) is 31.4 Å². The summed E-state index contributed by atoms with van der Waals surface area (Å²) in [6, 6.07) is 9.49. The average Bonchev–Trinajstić information content (AvgIpc) is 2.85. The second-order valence-electron chi connectivity index (χ2n) is 5.62. The van der Waals surface area contributed by atoms with E-state index in [0.717, 1.165) is 22.6 Å². The molecule has 1 aromatic carbocycles. The van der Waals surface area contributed by atoms with E-state index in [1.807, 2.05) is 48.9 Å². The van der Waals surface area contributed by atoms with Gasteiger partial charge in [-0.3, -0.25) is 4.79 Å². The van der Waals surface area contributed by atoms with E-state index in [9.17, 15) is 9.59 Å². The van der Waals surface area contributed by atoms with E-state index in [2.05, 4.69) is 10.4 Å². The molecule has 2 amide bonds. The molecule has 0 saturated heterocycles. The number of nitrogens with zero attached hydrogens (tertiary/aromatic N) is 3. The first kappa shape index (κ1) is 17.5. The molecule has 1 aromatic heterocycles. The highest BCUT2D eigenvalue weighted by atomic mass is 16.4. The molecule has 0 radical (unpaired) electrons. The molecule has 0 atom stereocenters. The summed E-state index contributed by atoms with van der Waals surface area (Å²) in [5, 5.41) is 16.0. The highest BCUT2D eigenvalue weighted by molar-refractivity contribution is 5.75. The largest absolute Gasteiger partial charge is 0.481 e. The van der Waals surface area contributed by atoms with Gasteiger partial charge in [0.2, 0.25) is 0 Å². The fraction of sp³-hybridized carbons (Fsp3) is 0.353. The molecule has 128 valence electrons. The highest BCUT2D eigenvalue weighted by Crippen LogP contribution is 2.17. The number of hydrogen-bond acceptors (Lipinski definition) is 3. The standard InChI is InChI=1S/C17H22N4O3/c1-12-15(11-18-17(24)20(3)10-9-16(22)23)13(2)21(19-12)14-7-5-4-6-8-14/h4-8H,9-11H2,1-3H3,(H,18,24)(H,22,23). The highest BCUT2D eigenvalue weighted by Gasteiger charge is 2.15. The second-order valence-corrected chi connectivity index (χ2v) is 5.62. The molecule has 0 fully saturated rings. The number of hydrogen-bond donors (Lipinski definition) is 2. The monoisotopic (exact) mass is 330 g/mol. The third-order valence-electron chi connectivity index (χ3n) is 3.87. The summed E-state index contributed by atoms with van der Waals surface area (Å²) in [5.41, 5.74) is 3.74. The first-order valence-electron chi connectivity index (χ1n) is 7.71. The van der Waals surface area contributed by atoms with Gasteiger partial charge in [0.05, 0.1) is 17.8 Å². The van der Waals surface area contributed by atoms with Gasteiger partial charge in [0.1, 0.15) is 0 Å². The fourth-order valence-corrected chi connectivity index (χ4v) is 2.42. The average molecular weight is 330 g/mol. The molecule has 0 aliphatic heterocycles. The van der Waals surface area contributed by atoms with Crippen LogP contribution in [0.25, 0.3) is 5.69 Å². The first-order valence-corrected chi connectivity index (χ1v) is 7.71. The summed E-state index contributed by atoms with van der Waals surface area (Å²) in [4.78, 5) is 23.9. The molecule has 24 heavy (non-hydrogen) atoms. The van der Waals surface area contributed by atoms with Crippen LogP contribution in [-0.2, 0) is 11.3 Å². The molecule has 7 nitrogen and oxygen atoms in total. The number of urea groups is 1. The number of carbonyl (C=O) groups excluding carboxylic acids is 1. The fourth-order valence-electron chi connectivity index (χ4n) is 2.42. The van der Waals surface area contributed by atoms with Crippen LogP contribution in [0, 0.1) is 13.8 Å². The number of aryl methyl sites for hydroxylation is 1. The Labute approximate surface area is 140 Å². The van der Waals surface area contributed by atoms with Crippen molar-refractivity contribution in [2.24, 2.45) is 0 Å². The number of nitrogens with one attached hydrogen (secondary N) is 1. The van der Waals surface area contributed by atoms with Crippen LogP contribution < -0.4 is 5.32 Å². The zero-order valence-electron chi connectivity index (χ0n) is 14.1. The third kappa shape index (κ3) is 4.13. The van der Waals surface area contributed by atoms with Crippen LogP contribution >= 0.6 is 0 Å². The topological polar surface area (TPSA) is 87.5 Å². The van der Waals surface area contributed by atoms with Crippen LogP contribution in [0.15, 0.2) is 30.3 Å². The van der Waals surface area contributed by atoms with E-state index in [0.29, 0.717) is 6.54 Å². The molecule has 2 N–H and O–H groups in total. The smallest absolute Gasteiger partial charge is 0.317 e. The minimum absolute atomic E-state index is 0.0755. The van der Waals surface area contributed by atoms with Crippen LogP contribution in [0.3, 0.4) is 0 Å². The number of carbonyl (C=O) groups is 2. The normalized spacial score (nSPS) is 10.5. The van der Waals surface area contributed by atoms with Gasteiger partial charge in [-0.2, -0.15) is 5.10 Å². The van der Waals surface area contributed by atoms with Crippen LogP contribution in [0.2, 0.25) is 0 Å². The number of carboxylic acids is 1. The van der Waals surface area contributed by atoms with E-state index in [4.69, 9.17) is 5.11 Å². The Morgan fingerprint density at radius 2 is 1.92 bits per heavy atom. The minimum Gasteiger partial charge on any atom is -0.481 e. The van der Waals surface area contributed by atoms with Crippen LogP contribution in [0.4, 0.5) is 4.79 Å². The molecule has 0 bridgehead atoms. The maximum absolute atomic E-state index is 12.0. The summed E-state index contributed by atoms with van der Waals surface area (Å²) < 4.78 is 1.85. The number of aliphatic carboxylic acids is 1. The van der Waals surface area contributed by atoms with Crippen molar-refractivity contribution in [3.05, 3.63) is 47.3 Å². The molecule has 0 spiro atoms. The lowest BCUT2D eigenvalue weighted by Crippen LogP contribution is -2.38. The van der Waals surface area contributed by atoms with Crippen molar-refractivity contribution in [1.29, 1.82) is 0 Å². The number of carboxylic acid groups (broad SMARTS) is 1. The number of rotatable bonds is 6. The Kier molecular flexibility index (Phi) is 5.57. The van der Waals surface area contributed by atoms with Crippen LogP contribution in [0.1, 0.15) is 23.4 Å². The van der Waals surface area contributed by atoms with Crippen molar-refractivity contribution in [2.45, 2.75) is 26.8 Å². The quantitative estimate of drug-likeness (QED) is 0.849. The van der Waals surface area contributed by atoms with E-state index in [1.165, 1.54) is 4.90 Å². The number of aromatic nitrogens is 2. The summed E-state index contributed by atoms with van der Waals surface area (Å²) >= 11 is 0. The van der Waals surface area contributed by atoms with Crippen molar-refractivity contribution >= 4 is 12.0 Å². The Balaban J connectivity index is 2.04. The lowest BCUT2D eigenvalue weighted by molar-refractivity contribution is -0.137. The predicted octanol–water partition coefficient (Wildman–Crippen LogP) is 2.11. The maximum Gasteiger partial charge on any atom is 0.317 e. The molecule has 0 aliphatic carbocycles. The van der Waals surface area contributed by atoms with Gasteiger partial charge in [-0.15, -0.1) is 0 Å². The maximum atomic E-state index is 12.0. The van der Waals surface area contributed by atoms with Crippen molar-refractivity contribution in [3.8, 4) is 5.69 Å². The predicted molar refractivity (Wildman–Crippen MR) is 90.2 cm³/mol. The molecule has 0 aliphatic rings. The minimum atomic E-state index is -0.925. The molecule has 1 heterocycles. The van der Waals surface area contributed by atoms with Crippen LogP contribution in [0.5, 0.6) is 0 Å². The van der Waals surface area contributed by atoms with Gasteiger partial charge in [-0.25, -0.2) is 9.48 Å². The van der Waals surface area contributed by atoms with Crippen LogP contribution in [-0.4, -0.2) is 45.4 Å². The van der Waals surface area contributed by atoms with Crippen molar-refractivity contribution in [3.63, 3.8) is 0 Å². The summed E-state index contributed by atoms with van der Waals surface area (Å²) in [5.74, 6) is -0.925. The van der Waals surface area contributed by atoms with Crippen molar-refractivity contribution in [2.75, 3.05) is 13.6 Å². The molecular weight excluding hydrogens is 308 g/mol. The molecule has 0 unspecified atom stereocenters. The summed E-state index contributed by atoms with van der Waals surface area (Å²) in [6.45, 7) is 4.38. The van der Waals surface area contributed by atoms with Gasteiger partial charge in [-0.1, -0.05) is 18.2 Å². The van der Waals surface area contributed by atoms with Gasteiger partial charge >= 0.3 is 12.0 Å². The Bertz CT molecular complexity index is 725. The van der Waals surface area contributed by atoms with E-state index in [-0.39, 0.29) is 19.0 Å². The third-order valence-corrected chi connectivity index (χ3v) is 3.87. The van der Waals surface area contributed by atoms with Crippen molar-refractivity contribution < 1.29 is 14.7 Å². The van der Waals surface area contributed by atoms with Gasteiger partial charge in [-0.05, 0) is 26.0 Å². The Hall–Kier alpha value is -2.83. The van der Waals surface area contributed by atoms with Gasteiger partial charge < -0.3 is 15.3 Å². The van der Waals surface area contributed by atoms with Gasteiger partial charge in [0.15, 0.2) is 0 Å². The summed E-state index contributed by atoms with van der Waals surface area (Å²) in [6.07, 6.45) is -0.0755. The second kappa shape index (κ2) is 7.63. The molecule has 2 aromatic rings. The van der Waals surface area contributed by atoms with E-state index >= 15 is 0 Å². The first-order chi connectivity index (χ1) is 11.4. The number of benzene rings is 1. The molecule has 2 rings (SSSR count). The van der Waals surface area contributed by atoms with E-state index in [1.54, 1.807) is 7.05 Å². The number of amides is 2.